The highest BCUT2D eigenvalue weighted by molar-refractivity contribution is 7.92. The van der Waals surface area contributed by atoms with E-state index in [2.05, 4.69) is 9.71 Å². The Balaban J connectivity index is 1.57. The lowest BCUT2D eigenvalue weighted by molar-refractivity contribution is 0.571. The maximum absolute atomic E-state index is 12.6. The van der Waals surface area contributed by atoms with Gasteiger partial charge in [-0.1, -0.05) is 48.5 Å². The van der Waals surface area contributed by atoms with Gasteiger partial charge in [0.05, 0.1) is 10.6 Å². The first-order valence-corrected chi connectivity index (χ1v) is 10.2. The van der Waals surface area contributed by atoms with Crippen molar-refractivity contribution in [3.63, 3.8) is 0 Å². The van der Waals surface area contributed by atoms with Crippen molar-refractivity contribution in [1.29, 1.82) is 0 Å². The van der Waals surface area contributed by atoms with E-state index < -0.39 is 10.0 Å². The number of benzene rings is 3. The van der Waals surface area contributed by atoms with Crippen molar-refractivity contribution in [2.75, 3.05) is 4.72 Å². The minimum absolute atomic E-state index is 0.184. The second-order valence-electron chi connectivity index (χ2n) is 6.29. The lowest BCUT2D eigenvalue weighted by Crippen LogP contribution is -2.12. The molecule has 0 unspecified atom stereocenters. The molecular formula is C22H18N2O3S. The van der Waals surface area contributed by atoms with Gasteiger partial charge in [-0.15, -0.1) is 0 Å². The van der Waals surface area contributed by atoms with E-state index in [1.807, 2.05) is 36.4 Å². The SMILES string of the molecule is O=S(=O)(Nc1ccccc1)c1ccc(-c2ocnc2Cc2ccccc2)cc1. The van der Waals surface area contributed by atoms with Gasteiger partial charge < -0.3 is 4.42 Å². The number of aromatic nitrogens is 1. The van der Waals surface area contributed by atoms with Gasteiger partial charge in [0.2, 0.25) is 0 Å². The molecule has 0 aliphatic rings. The number of nitrogens with zero attached hydrogens (tertiary/aromatic N) is 1. The van der Waals surface area contributed by atoms with Crippen LogP contribution in [0.15, 0.2) is 101 Å². The first-order chi connectivity index (χ1) is 13.6. The van der Waals surface area contributed by atoms with E-state index in [9.17, 15) is 8.42 Å². The first-order valence-electron chi connectivity index (χ1n) is 8.76. The summed E-state index contributed by atoms with van der Waals surface area (Å²) in [5, 5.41) is 0. The summed E-state index contributed by atoms with van der Waals surface area (Å²) in [6.45, 7) is 0. The quantitative estimate of drug-likeness (QED) is 0.516. The highest BCUT2D eigenvalue weighted by atomic mass is 32.2. The third kappa shape index (κ3) is 3.97. The van der Waals surface area contributed by atoms with Gasteiger partial charge >= 0.3 is 0 Å². The van der Waals surface area contributed by atoms with Gasteiger partial charge in [-0.25, -0.2) is 13.4 Å². The zero-order valence-corrected chi connectivity index (χ0v) is 15.8. The van der Waals surface area contributed by atoms with Gasteiger partial charge in [-0.2, -0.15) is 0 Å². The average Bonchev–Trinajstić information content (AvgIpc) is 3.17. The monoisotopic (exact) mass is 390 g/mol. The zero-order valence-electron chi connectivity index (χ0n) is 14.9. The van der Waals surface area contributed by atoms with Crippen LogP contribution in [0.2, 0.25) is 0 Å². The molecule has 1 heterocycles. The van der Waals surface area contributed by atoms with Crippen LogP contribution in [-0.2, 0) is 16.4 Å². The number of nitrogens with one attached hydrogen (secondary N) is 1. The van der Waals surface area contributed by atoms with Crippen LogP contribution < -0.4 is 4.72 Å². The van der Waals surface area contributed by atoms with E-state index in [4.69, 9.17) is 4.42 Å². The number of hydrogen-bond donors (Lipinski definition) is 1. The molecule has 5 nitrogen and oxygen atoms in total. The Morgan fingerprint density at radius 3 is 2.14 bits per heavy atom. The number of para-hydroxylation sites is 1. The van der Waals surface area contributed by atoms with E-state index in [0.717, 1.165) is 16.8 Å². The van der Waals surface area contributed by atoms with Crippen LogP contribution in [0, 0.1) is 0 Å². The fraction of sp³-hybridized carbons (Fsp3) is 0.0455. The van der Waals surface area contributed by atoms with Crippen LogP contribution in [0.4, 0.5) is 5.69 Å². The Bertz CT molecular complexity index is 1150. The fourth-order valence-corrected chi connectivity index (χ4v) is 3.98. The zero-order chi connectivity index (χ0) is 19.4. The molecule has 0 amide bonds. The van der Waals surface area contributed by atoms with Crippen molar-refractivity contribution in [3.8, 4) is 11.3 Å². The summed E-state index contributed by atoms with van der Waals surface area (Å²) in [5.74, 6) is 0.642. The molecule has 0 aliphatic heterocycles. The summed E-state index contributed by atoms with van der Waals surface area (Å²) in [6.07, 6.45) is 2.05. The Hall–Kier alpha value is -3.38. The maximum atomic E-state index is 12.6. The lowest BCUT2D eigenvalue weighted by Gasteiger charge is -2.08. The van der Waals surface area contributed by atoms with Gasteiger partial charge in [0.25, 0.3) is 10.0 Å². The van der Waals surface area contributed by atoms with Gasteiger partial charge in [0.1, 0.15) is 0 Å². The fourth-order valence-electron chi connectivity index (χ4n) is 2.92. The van der Waals surface area contributed by atoms with Crippen LogP contribution in [0.3, 0.4) is 0 Å². The van der Waals surface area contributed by atoms with Crippen molar-refractivity contribution < 1.29 is 12.8 Å². The smallest absolute Gasteiger partial charge is 0.261 e. The highest BCUT2D eigenvalue weighted by Crippen LogP contribution is 2.26. The summed E-state index contributed by atoms with van der Waals surface area (Å²) in [7, 11) is -3.65. The predicted molar refractivity (Wildman–Crippen MR) is 108 cm³/mol. The van der Waals surface area contributed by atoms with Crippen molar-refractivity contribution in [2.45, 2.75) is 11.3 Å². The van der Waals surface area contributed by atoms with E-state index in [0.29, 0.717) is 17.9 Å². The number of sulfonamides is 1. The van der Waals surface area contributed by atoms with Gasteiger partial charge in [-0.05, 0) is 42.0 Å². The molecule has 0 saturated heterocycles. The van der Waals surface area contributed by atoms with E-state index in [1.54, 1.807) is 48.5 Å². The molecule has 0 spiro atoms. The third-order valence-electron chi connectivity index (χ3n) is 4.31. The van der Waals surface area contributed by atoms with Crippen LogP contribution >= 0.6 is 0 Å². The molecule has 6 heteroatoms. The molecule has 0 aliphatic carbocycles. The standard InChI is InChI=1S/C22H18N2O3S/c25-28(26,24-19-9-5-2-6-10-19)20-13-11-18(12-14-20)22-21(23-16-27-22)15-17-7-3-1-4-8-17/h1-14,16,24H,15H2. The molecular weight excluding hydrogens is 372 g/mol. The van der Waals surface area contributed by atoms with Crippen molar-refractivity contribution in [1.82, 2.24) is 4.98 Å². The molecule has 1 N–H and O–H groups in total. The molecule has 0 fully saturated rings. The largest absolute Gasteiger partial charge is 0.443 e. The molecule has 0 saturated carbocycles. The predicted octanol–water partition coefficient (Wildman–Crippen LogP) is 4.73. The molecule has 0 bridgehead atoms. The third-order valence-corrected chi connectivity index (χ3v) is 5.71. The van der Waals surface area contributed by atoms with E-state index >= 15 is 0 Å². The van der Waals surface area contributed by atoms with E-state index in [-0.39, 0.29) is 4.90 Å². The van der Waals surface area contributed by atoms with Crippen LogP contribution in [-0.4, -0.2) is 13.4 Å². The molecule has 0 radical (unpaired) electrons. The molecule has 0 atom stereocenters. The summed E-state index contributed by atoms with van der Waals surface area (Å²) >= 11 is 0. The number of rotatable bonds is 6. The van der Waals surface area contributed by atoms with Crippen molar-refractivity contribution in [3.05, 3.63) is 103 Å². The maximum Gasteiger partial charge on any atom is 0.261 e. The normalized spacial score (nSPS) is 11.3. The second-order valence-corrected chi connectivity index (χ2v) is 7.97. The Labute approximate surface area is 163 Å². The molecule has 28 heavy (non-hydrogen) atoms. The topological polar surface area (TPSA) is 72.2 Å². The summed E-state index contributed by atoms with van der Waals surface area (Å²) < 4.78 is 33.3. The number of oxazole rings is 1. The Kier molecular flexibility index (Phi) is 4.95. The Morgan fingerprint density at radius 1 is 0.821 bits per heavy atom. The first kappa shape index (κ1) is 18.0. The van der Waals surface area contributed by atoms with Gasteiger partial charge in [0.15, 0.2) is 12.2 Å². The molecule has 4 rings (SSSR count). The lowest BCUT2D eigenvalue weighted by atomic mass is 10.1. The van der Waals surface area contributed by atoms with Crippen LogP contribution in [0.1, 0.15) is 11.3 Å². The van der Waals surface area contributed by atoms with Crippen molar-refractivity contribution in [2.24, 2.45) is 0 Å². The molecule has 140 valence electrons. The minimum Gasteiger partial charge on any atom is -0.443 e. The minimum atomic E-state index is -3.65. The van der Waals surface area contributed by atoms with Gasteiger partial charge in [0, 0.05) is 17.7 Å². The van der Waals surface area contributed by atoms with Crippen molar-refractivity contribution >= 4 is 15.7 Å². The summed E-state index contributed by atoms with van der Waals surface area (Å²) in [5.41, 5.74) is 3.24. The van der Waals surface area contributed by atoms with Gasteiger partial charge in [-0.3, -0.25) is 4.72 Å². The highest BCUT2D eigenvalue weighted by Gasteiger charge is 2.16. The van der Waals surface area contributed by atoms with Crippen LogP contribution in [0.25, 0.3) is 11.3 Å². The second kappa shape index (κ2) is 7.70. The molecule has 4 aromatic rings. The molecule has 3 aromatic carbocycles. The molecule has 1 aromatic heterocycles. The average molecular weight is 390 g/mol. The summed E-state index contributed by atoms with van der Waals surface area (Å²) in [4.78, 5) is 4.50. The van der Waals surface area contributed by atoms with E-state index in [1.165, 1.54) is 6.39 Å². The Morgan fingerprint density at radius 2 is 1.46 bits per heavy atom. The van der Waals surface area contributed by atoms with Crippen LogP contribution in [0.5, 0.6) is 0 Å². The number of hydrogen-bond acceptors (Lipinski definition) is 4. The summed E-state index contributed by atoms with van der Waals surface area (Å²) in [6, 6.07) is 25.4. The number of anilines is 1.